The summed E-state index contributed by atoms with van der Waals surface area (Å²) in [6, 6.07) is 6.45. The topological polar surface area (TPSA) is 146 Å². The van der Waals surface area contributed by atoms with Crippen molar-refractivity contribution in [2.75, 3.05) is 6.61 Å². The highest BCUT2D eigenvalue weighted by molar-refractivity contribution is 7.12. The average Bonchev–Trinajstić information content (AvgIpc) is 3.19. The standard InChI is InChI=1S/C23H29NO8S/c1-11-7-8-33-19(11)21(30)24-23(3,4)20(29)14-6-5-13(9-12(14)2)31-22-18(28)17(27)16(26)15(10-25)32-22/h5-9,15-18,22,25-28H,10H2,1-4H3,(H,24,30). The Labute approximate surface area is 195 Å². The van der Waals surface area contributed by atoms with Crippen molar-refractivity contribution >= 4 is 23.0 Å². The molecule has 3 rings (SSSR count). The molecule has 1 amide bonds. The molecule has 5 N–H and O–H groups in total. The molecule has 0 bridgehead atoms. The number of aryl methyl sites for hydroxylation is 2. The molecule has 180 valence electrons. The molecule has 1 aromatic carbocycles. The predicted molar refractivity (Wildman–Crippen MR) is 121 cm³/mol. The Hall–Kier alpha value is -2.34. The first-order chi connectivity index (χ1) is 15.5. The summed E-state index contributed by atoms with van der Waals surface area (Å²) in [5, 5.41) is 43.9. The van der Waals surface area contributed by atoms with E-state index in [1.165, 1.54) is 17.4 Å². The van der Waals surface area contributed by atoms with Crippen molar-refractivity contribution in [3.63, 3.8) is 0 Å². The van der Waals surface area contributed by atoms with Crippen molar-refractivity contribution in [2.45, 2.75) is 63.9 Å². The lowest BCUT2D eigenvalue weighted by atomic mass is 9.90. The van der Waals surface area contributed by atoms with Crippen molar-refractivity contribution in [3.8, 4) is 5.75 Å². The largest absolute Gasteiger partial charge is 0.462 e. The van der Waals surface area contributed by atoms with Crippen LogP contribution >= 0.6 is 11.3 Å². The van der Waals surface area contributed by atoms with Crippen LogP contribution in [0.4, 0.5) is 0 Å². The Morgan fingerprint density at radius 2 is 1.79 bits per heavy atom. The fourth-order valence-corrected chi connectivity index (χ4v) is 4.42. The van der Waals surface area contributed by atoms with Crippen molar-refractivity contribution < 1.29 is 39.5 Å². The van der Waals surface area contributed by atoms with Crippen LogP contribution in [0.25, 0.3) is 0 Å². The van der Waals surface area contributed by atoms with Gasteiger partial charge in [-0.15, -0.1) is 11.3 Å². The number of hydrogen-bond donors (Lipinski definition) is 5. The minimum absolute atomic E-state index is 0.254. The number of thiophene rings is 1. The number of Topliss-reactive ketones (excluding diaryl/α,β-unsaturated/α-hetero) is 1. The highest BCUT2D eigenvalue weighted by Crippen LogP contribution is 2.27. The van der Waals surface area contributed by atoms with E-state index in [1.807, 2.05) is 18.4 Å². The van der Waals surface area contributed by atoms with Crippen molar-refractivity contribution in [2.24, 2.45) is 0 Å². The Bertz CT molecular complexity index is 1020. The summed E-state index contributed by atoms with van der Waals surface area (Å²) >= 11 is 1.31. The molecule has 0 radical (unpaired) electrons. The molecule has 2 aromatic rings. The molecule has 5 unspecified atom stereocenters. The summed E-state index contributed by atoms with van der Waals surface area (Å²) < 4.78 is 11.0. The zero-order valence-corrected chi connectivity index (χ0v) is 19.6. The van der Waals surface area contributed by atoms with E-state index in [9.17, 15) is 30.0 Å². The Morgan fingerprint density at radius 3 is 2.36 bits per heavy atom. The van der Waals surface area contributed by atoms with E-state index >= 15 is 0 Å². The van der Waals surface area contributed by atoms with Gasteiger partial charge < -0.3 is 35.2 Å². The fourth-order valence-electron chi connectivity index (χ4n) is 3.60. The Balaban J connectivity index is 1.73. The van der Waals surface area contributed by atoms with E-state index in [1.54, 1.807) is 32.9 Å². The lowest BCUT2D eigenvalue weighted by molar-refractivity contribution is -0.277. The van der Waals surface area contributed by atoms with Crippen LogP contribution in [0, 0.1) is 13.8 Å². The summed E-state index contributed by atoms with van der Waals surface area (Å²) in [4.78, 5) is 26.3. The first-order valence-corrected chi connectivity index (χ1v) is 11.3. The van der Waals surface area contributed by atoms with Gasteiger partial charge in [-0.25, -0.2) is 0 Å². The molecular weight excluding hydrogens is 450 g/mol. The highest BCUT2D eigenvalue weighted by Gasteiger charge is 2.44. The van der Waals surface area contributed by atoms with Gasteiger partial charge in [-0.3, -0.25) is 9.59 Å². The summed E-state index contributed by atoms with van der Waals surface area (Å²) in [6.07, 6.45) is -7.00. The van der Waals surface area contributed by atoms with Gasteiger partial charge in [0.15, 0.2) is 5.78 Å². The zero-order valence-electron chi connectivity index (χ0n) is 18.8. The lowest BCUT2D eigenvalue weighted by Gasteiger charge is -2.39. The summed E-state index contributed by atoms with van der Waals surface area (Å²) in [6.45, 7) is 6.23. The maximum Gasteiger partial charge on any atom is 0.262 e. The molecule has 2 heterocycles. The number of ketones is 1. The smallest absolute Gasteiger partial charge is 0.262 e. The Kier molecular flexibility index (Phi) is 7.57. The first kappa shape index (κ1) is 25.3. The molecule has 5 atom stereocenters. The van der Waals surface area contributed by atoms with Crippen molar-refractivity contribution in [3.05, 3.63) is 51.2 Å². The molecule has 0 spiro atoms. The van der Waals surface area contributed by atoms with Gasteiger partial charge in [-0.1, -0.05) is 0 Å². The van der Waals surface area contributed by atoms with Gasteiger partial charge in [0.25, 0.3) is 5.91 Å². The first-order valence-electron chi connectivity index (χ1n) is 10.5. The Morgan fingerprint density at radius 1 is 1.09 bits per heavy atom. The number of carbonyl (C=O) groups is 2. The highest BCUT2D eigenvalue weighted by atomic mass is 32.1. The number of amides is 1. The molecular formula is C23H29NO8S. The zero-order chi connectivity index (χ0) is 24.5. The molecule has 1 aliphatic rings. The maximum absolute atomic E-state index is 13.2. The van der Waals surface area contributed by atoms with Gasteiger partial charge in [0.1, 0.15) is 30.2 Å². The van der Waals surface area contributed by atoms with E-state index < -0.39 is 42.9 Å². The van der Waals surface area contributed by atoms with Crippen LogP contribution in [0.3, 0.4) is 0 Å². The number of nitrogens with one attached hydrogen (secondary N) is 1. The number of carbonyl (C=O) groups excluding carboxylic acids is 2. The minimum atomic E-state index is -1.56. The summed E-state index contributed by atoms with van der Waals surface area (Å²) in [5.74, 6) is -0.354. The fraction of sp³-hybridized carbons (Fsp3) is 0.478. The van der Waals surface area contributed by atoms with Crippen LogP contribution < -0.4 is 10.1 Å². The van der Waals surface area contributed by atoms with Crippen LogP contribution in [0.5, 0.6) is 5.75 Å². The molecule has 1 aromatic heterocycles. The van der Waals surface area contributed by atoms with Gasteiger partial charge in [0.05, 0.1) is 17.0 Å². The van der Waals surface area contributed by atoms with Crippen molar-refractivity contribution in [1.29, 1.82) is 0 Å². The van der Waals surface area contributed by atoms with Crippen LogP contribution in [0.15, 0.2) is 29.6 Å². The second-order valence-corrected chi connectivity index (χ2v) is 9.55. The molecule has 0 saturated carbocycles. The van der Waals surface area contributed by atoms with E-state index in [-0.39, 0.29) is 17.4 Å². The van der Waals surface area contributed by atoms with E-state index in [4.69, 9.17) is 9.47 Å². The second kappa shape index (κ2) is 9.88. The van der Waals surface area contributed by atoms with Gasteiger partial charge >= 0.3 is 0 Å². The lowest BCUT2D eigenvalue weighted by Crippen LogP contribution is -2.60. The normalized spacial score (nSPS) is 25.5. The quantitative estimate of drug-likeness (QED) is 0.369. The van der Waals surface area contributed by atoms with Gasteiger partial charge in [-0.2, -0.15) is 0 Å². The number of rotatable bonds is 7. The number of ether oxygens (including phenoxy) is 2. The number of hydrogen-bond acceptors (Lipinski definition) is 9. The monoisotopic (exact) mass is 479 g/mol. The number of aliphatic hydroxyl groups excluding tert-OH is 4. The average molecular weight is 480 g/mol. The van der Waals surface area contributed by atoms with Crippen LogP contribution in [0.2, 0.25) is 0 Å². The maximum atomic E-state index is 13.2. The number of benzene rings is 1. The molecule has 0 aliphatic carbocycles. The van der Waals surface area contributed by atoms with E-state index in [0.29, 0.717) is 16.0 Å². The summed E-state index contributed by atoms with van der Waals surface area (Å²) in [5.41, 5.74) is 0.616. The molecule has 1 aliphatic heterocycles. The minimum Gasteiger partial charge on any atom is -0.462 e. The molecule has 1 saturated heterocycles. The second-order valence-electron chi connectivity index (χ2n) is 8.63. The van der Waals surface area contributed by atoms with Gasteiger partial charge in [0.2, 0.25) is 6.29 Å². The molecule has 9 nitrogen and oxygen atoms in total. The molecule has 33 heavy (non-hydrogen) atoms. The third kappa shape index (κ3) is 5.26. The third-order valence-electron chi connectivity index (χ3n) is 5.61. The van der Waals surface area contributed by atoms with Crippen LogP contribution in [-0.4, -0.2) is 75.0 Å². The van der Waals surface area contributed by atoms with Crippen molar-refractivity contribution in [1.82, 2.24) is 5.32 Å². The van der Waals surface area contributed by atoms with Gasteiger partial charge in [0, 0.05) is 5.56 Å². The molecule has 10 heteroatoms. The van der Waals surface area contributed by atoms with E-state index in [0.717, 1.165) is 5.56 Å². The van der Waals surface area contributed by atoms with Crippen LogP contribution in [-0.2, 0) is 4.74 Å². The SMILES string of the molecule is Cc1cc(OC2OC(CO)C(O)C(O)C2O)ccc1C(=O)C(C)(C)NC(=O)c1sccc1C. The predicted octanol–water partition coefficient (Wildman–Crippen LogP) is 0.935. The van der Waals surface area contributed by atoms with E-state index in [2.05, 4.69) is 5.32 Å². The summed E-state index contributed by atoms with van der Waals surface area (Å²) in [7, 11) is 0. The molecule has 1 fully saturated rings. The van der Waals surface area contributed by atoms with Gasteiger partial charge in [-0.05, 0) is 68.5 Å². The number of aliphatic hydroxyl groups is 4. The third-order valence-corrected chi connectivity index (χ3v) is 6.62. The van der Waals surface area contributed by atoms with Crippen LogP contribution in [0.1, 0.15) is 45.0 Å².